The first kappa shape index (κ1) is 61.1. The molecule has 22 nitrogen and oxygen atoms in total. The number of carboxylic acid groups (broad SMARTS) is 3. The Bertz CT molecular complexity index is 2430. The van der Waals surface area contributed by atoms with Gasteiger partial charge >= 0.3 is 23.9 Å². The summed E-state index contributed by atoms with van der Waals surface area (Å²) in [5.41, 5.74) is 6.89. The van der Waals surface area contributed by atoms with Crippen LogP contribution in [0.25, 0.3) is 0 Å². The van der Waals surface area contributed by atoms with Gasteiger partial charge in [-0.1, -0.05) is 38.5 Å². The van der Waals surface area contributed by atoms with Gasteiger partial charge in [0, 0.05) is 84.1 Å². The van der Waals surface area contributed by atoms with Crippen molar-refractivity contribution in [1.29, 1.82) is 0 Å². The summed E-state index contributed by atoms with van der Waals surface area (Å²) in [7, 11) is 0. The van der Waals surface area contributed by atoms with Gasteiger partial charge in [-0.05, 0) is 68.2 Å². The first-order chi connectivity index (χ1) is 36.5. The highest BCUT2D eigenvalue weighted by Crippen LogP contribution is 2.40. The van der Waals surface area contributed by atoms with E-state index in [0.717, 1.165) is 31.4 Å². The average molecular weight is 1090 g/mol. The Morgan fingerprint density at radius 2 is 1.32 bits per heavy atom. The van der Waals surface area contributed by atoms with Gasteiger partial charge in [0.1, 0.15) is 18.1 Å². The van der Waals surface area contributed by atoms with E-state index in [9.17, 15) is 76.0 Å². The van der Waals surface area contributed by atoms with Gasteiger partial charge in [0.2, 0.25) is 46.9 Å². The summed E-state index contributed by atoms with van der Waals surface area (Å²) in [6.45, 7) is 9.35. The summed E-state index contributed by atoms with van der Waals surface area (Å²) >= 11 is 0. The standard InChI is InChI=1S/C26H45N7O9.C25H24F4N2O4/c27-21(34)3-6-28-22(35)2-1-20(26(41)42)29-23(36)16-30-7-4-19(5-8-30)15-31-9-11-32(17-24(37)38)13-14-33(12-10-31)18-25(39)40;1-3-12(2)9-19(32)30-17-8-7-13-5-4-6-14-10-18(31(22(13)14)24(17)33)25(34)35-23-20(28)15(26)11-16(27)21(23)29/h19-20H,1-18H2,(H2,27,34)(H,28,35)(H,29,36)(H,37,38)(H,39,40)(H,41,42);4-6,11-12,17-18H,3,7-10H2,1-2H3,(H,30,32). The maximum atomic E-state index is 14.1. The van der Waals surface area contributed by atoms with E-state index in [-0.39, 0.29) is 82.6 Å². The lowest BCUT2D eigenvalue weighted by Crippen LogP contribution is -2.53. The van der Waals surface area contributed by atoms with Crippen LogP contribution in [-0.4, -0.2) is 192 Å². The maximum absolute atomic E-state index is 14.1. The van der Waals surface area contributed by atoms with Crippen molar-refractivity contribution in [2.24, 2.45) is 17.6 Å². The summed E-state index contributed by atoms with van der Waals surface area (Å²) in [6, 6.07) is 1.78. The molecule has 26 heteroatoms. The van der Waals surface area contributed by atoms with Gasteiger partial charge in [0.15, 0.2) is 11.6 Å². The van der Waals surface area contributed by atoms with Gasteiger partial charge in [-0.15, -0.1) is 0 Å². The molecule has 2 saturated heterocycles. The third-order valence-electron chi connectivity index (χ3n) is 14.0. The number of anilines is 1. The van der Waals surface area contributed by atoms with Crippen LogP contribution >= 0.6 is 0 Å². The van der Waals surface area contributed by atoms with Crippen molar-refractivity contribution in [1.82, 2.24) is 35.6 Å². The van der Waals surface area contributed by atoms with Crippen molar-refractivity contribution in [2.45, 2.75) is 96.2 Å². The molecular weight excluding hydrogens is 1020 g/mol. The Balaban J connectivity index is 0.000000288. The van der Waals surface area contributed by atoms with Crippen LogP contribution in [0.5, 0.6) is 5.75 Å². The van der Waals surface area contributed by atoms with Crippen molar-refractivity contribution >= 4 is 59.1 Å². The fraction of sp³-hybridized carbons (Fsp3) is 0.588. The zero-order valence-electron chi connectivity index (χ0n) is 43.2. The van der Waals surface area contributed by atoms with Gasteiger partial charge in [-0.25, -0.2) is 18.4 Å². The van der Waals surface area contributed by atoms with Crippen LogP contribution in [0, 0.1) is 35.1 Å². The smallest absolute Gasteiger partial charge is 0.335 e. The number of halogens is 4. The van der Waals surface area contributed by atoms with Gasteiger partial charge in [0.05, 0.1) is 25.3 Å². The SMILES string of the molecule is CCC(C)CC(=O)NC1CCc2cccc3c2N(C1=O)C(C(=O)Oc1c(F)c(F)cc(F)c1F)C3.NC(=O)CCNC(=O)CCC(NC(=O)CN1CCC(CN2CCN(CC(=O)O)CCN(CC(=O)O)CC2)CC1)C(=O)O. The Labute approximate surface area is 442 Å². The quantitative estimate of drug-likeness (QED) is 0.0376. The molecule has 2 aromatic carbocycles. The molecule has 0 bridgehead atoms. The average Bonchev–Trinajstić information content (AvgIpc) is 3.76. The minimum atomic E-state index is -1.86. The van der Waals surface area contributed by atoms with Gasteiger partial charge in [-0.2, -0.15) is 8.78 Å². The molecule has 6 rings (SSSR count). The minimum Gasteiger partial charge on any atom is -0.480 e. The highest BCUT2D eigenvalue weighted by molar-refractivity contribution is 6.07. The predicted molar refractivity (Wildman–Crippen MR) is 267 cm³/mol. The molecule has 8 N–H and O–H groups in total. The Morgan fingerprint density at radius 3 is 1.88 bits per heavy atom. The number of ether oxygens (including phenoxy) is 1. The van der Waals surface area contributed by atoms with E-state index in [1.807, 2.05) is 28.5 Å². The number of hydrogen-bond donors (Lipinski definition) is 7. The van der Waals surface area contributed by atoms with E-state index < -0.39 is 94.6 Å². The van der Waals surface area contributed by atoms with E-state index in [1.54, 1.807) is 18.2 Å². The number of aryl methyl sites for hydroxylation is 1. The summed E-state index contributed by atoms with van der Waals surface area (Å²) < 4.78 is 60.2. The number of piperidine rings is 1. The van der Waals surface area contributed by atoms with Crippen LogP contribution in [-0.2, 0) is 56.0 Å². The molecular formula is C51H69F4N9O13. The molecule has 0 spiro atoms. The molecule has 4 aliphatic rings. The highest BCUT2D eigenvalue weighted by atomic mass is 19.2. The number of hydrogen-bond acceptors (Lipinski definition) is 14. The van der Waals surface area contributed by atoms with Crippen LogP contribution in [0.1, 0.15) is 76.3 Å². The molecule has 2 fully saturated rings. The first-order valence-corrected chi connectivity index (χ1v) is 25.7. The molecule has 77 heavy (non-hydrogen) atoms. The number of carbonyl (C=O) groups is 9. The summed E-state index contributed by atoms with van der Waals surface area (Å²) in [5, 5.41) is 35.6. The third kappa shape index (κ3) is 18.5. The van der Waals surface area contributed by atoms with Crippen LogP contribution < -0.4 is 31.3 Å². The van der Waals surface area contributed by atoms with Crippen LogP contribution in [0.2, 0.25) is 0 Å². The normalized spacial score (nSPS) is 19.4. The van der Waals surface area contributed by atoms with Crippen LogP contribution in [0.3, 0.4) is 0 Å². The number of esters is 1. The van der Waals surface area contributed by atoms with E-state index in [2.05, 4.69) is 20.9 Å². The molecule has 0 aliphatic carbocycles. The number of aliphatic carboxylic acids is 3. The molecule has 0 radical (unpaired) electrons. The first-order valence-electron chi connectivity index (χ1n) is 25.7. The second-order valence-electron chi connectivity index (χ2n) is 19.9. The summed E-state index contributed by atoms with van der Waals surface area (Å²) in [5.74, 6) is -14.8. The number of nitrogens with zero attached hydrogens (tertiary/aromatic N) is 5. The van der Waals surface area contributed by atoms with E-state index in [1.165, 1.54) is 4.90 Å². The zero-order valence-corrected chi connectivity index (χ0v) is 43.2. The fourth-order valence-electron chi connectivity index (χ4n) is 9.62. The number of rotatable bonds is 22. The number of primary amides is 1. The lowest BCUT2D eigenvalue weighted by molar-refractivity contribution is -0.142. The molecule has 4 heterocycles. The summed E-state index contributed by atoms with van der Waals surface area (Å²) in [6.07, 6.45) is 3.15. The molecule has 424 valence electrons. The van der Waals surface area contributed by atoms with Crippen molar-refractivity contribution in [2.75, 3.05) is 90.0 Å². The molecule has 4 aliphatic heterocycles. The molecule has 2 aromatic rings. The van der Waals surface area contributed by atoms with Gasteiger partial charge in [0.25, 0.3) is 0 Å². The number of nitrogens with one attached hydrogen (secondary N) is 3. The van der Waals surface area contributed by atoms with E-state index >= 15 is 0 Å². The van der Waals surface area contributed by atoms with Crippen molar-refractivity contribution in [3.05, 3.63) is 58.7 Å². The zero-order chi connectivity index (χ0) is 56.5. The molecule has 5 amide bonds. The van der Waals surface area contributed by atoms with Crippen LogP contribution in [0.15, 0.2) is 24.3 Å². The fourth-order valence-corrected chi connectivity index (χ4v) is 9.62. The molecule has 0 saturated carbocycles. The van der Waals surface area contributed by atoms with E-state index in [4.69, 9.17) is 10.5 Å². The highest BCUT2D eigenvalue weighted by Gasteiger charge is 2.45. The molecule has 0 aromatic heterocycles. The number of carboxylic acids is 3. The molecule has 4 unspecified atom stereocenters. The number of likely N-dealkylation sites (tertiary alicyclic amines) is 1. The second kappa shape index (κ2) is 29.1. The van der Waals surface area contributed by atoms with Gasteiger partial charge < -0.3 is 46.6 Å². The number of nitrogens with two attached hydrogens (primary N) is 1. The lowest BCUT2D eigenvalue weighted by Gasteiger charge is -2.35. The van der Waals surface area contributed by atoms with Crippen LogP contribution in [0.4, 0.5) is 23.2 Å². The number of amides is 5. The van der Waals surface area contributed by atoms with Crippen molar-refractivity contribution < 1.29 is 80.8 Å². The summed E-state index contributed by atoms with van der Waals surface area (Å²) in [4.78, 5) is 117. The topological polar surface area (TPSA) is 302 Å². The second-order valence-corrected chi connectivity index (χ2v) is 19.9. The number of para-hydroxylation sites is 1. The molecule has 4 atom stereocenters. The lowest BCUT2D eigenvalue weighted by atomic mass is 9.96. The van der Waals surface area contributed by atoms with Crippen molar-refractivity contribution in [3.63, 3.8) is 0 Å². The van der Waals surface area contributed by atoms with E-state index in [0.29, 0.717) is 75.9 Å². The number of carbonyl (C=O) groups excluding carboxylic acids is 6. The Kier molecular flexibility index (Phi) is 23.1. The largest absolute Gasteiger partial charge is 0.480 e. The number of benzene rings is 2. The minimum absolute atomic E-state index is 0.00467. The Hall–Kier alpha value is -6.77. The van der Waals surface area contributed by atoms with Crippen molar-refractivity contribution in [3.8, 4) is 5.75 Å². The maximum Gasteiger partial charge on any atom is 0.335 e. The Morgan fingerprint density at radius 1 is 0.753 bits per heavy atom. The monoisotopic (exact) mass is 1090 g/mol. The predicted octanol–water partition coefficient (Wildman–Crippen LogP) is 1.10. The van der Waals surface area contributed by atoms with Gasteiger partial charge in [-0.3, -0.25) is 53.2 Å². The third-order valence-corrected chi connectivity index (χ3v) is 14.0.